The Hall–Kier alpha value is -2.89. The van der Waals surface area contributed by atoms with Crippen molar-refractivity contribution < 1.29 is 9.53 Å². The second-order valence-electron chi connectivity index (χ2n) is 6.30. The minimum Gasteiger partial charge on any atom is -0.471 e. The minimum atomic E-state index is -0.0302. The van der Waals surface area contributed by atoms with E-state index in [1.54, 1.807) is 18.6 Å². The molecule has 0 unspecified atom stereocenters. The quantitative estimate of drug-likeness (QED) is 0.795. The molecule has 4 rings (SSSR count). The van der Waals surface area contributed by atoms with Crippen LogP contribution in [0.15, 0.2) is 49.1 Å². The standard InChI is InChI=1S/C19H20N4O2/c24-19(10-14-11-22-17-6-2-1-5-16(14)17)23-9-3-4-15(13-23)25-18-12-20-7-8-21-18/h1-2,5-8,11-12,15,22H,3-4,9-10,13H2/t15-/m1/s1. The number of rotatable bonds is 4. The minimum absolute atomic E-state index is 0.0302. The van der Waals surface area contributed by atoms with Crippen LogP contribution < -0.4 is 4.74 Å². The fourth-order valence-corrected chi connectivity index (χ4v) is 3.33. The van der Waals surface area contributed by atoms with Gasteiger partial charge in [0.05, 0.1) is 19.2 Å². The highest BCUT2D eigenvalue weighted by molar-refractivity contribution is 5.88. The molecule has 1 N–H and O–H groups in total. The summed E-state index contributed by atoms with van der Waals surface area (Å²) < 4.78 is 5.87. The topological polar surface area (TPSA) is 71.1 Å². The van der Waals surface area contributed by atoms with E-state index in [0.717, 1.165) is 35.9 Å². The summed E-state index contributed by atoms with van der Waals surface area (Å²) >= 11 is 0. The van der Waals surface area contributed by atoms with Crippen molar-refractivity contribution in [1.29, 1.82) is 0 Å². The van der Waals surface area contributed by atoms with Gasteiger partial charge in [0, 0.05) is 36.0 Å². The first-order valence-electron chi connectivity index (χ1n) is 8.55. The molecule has 1 fully saturated rings. The number of carbonyl (C=O) groups excluding carboxylic acids is 1. The first-order valence-corrected chi connectivity index (χ1v) is 8.55. The second-order valence-corrected chi connectivity index (χ2v) is 6.30. The van der Waals surface area contributed by atoms with Gasteiger partial charge in [-0.15, -0.1) is 0 Å². The predicted molar refractivity (Wildman–Crippen MR) is 94.3 cm³/mol. The van der Waals surface area contributed by atoms with E-state index in [2.05, 4.69) is 15.0 Å². The number of carbonyl (C=O) groups is 1. The van der Waals surface area contributed by atoms with E-state index in [1.165, 1.54) is 0 Å². The maximum Gasteiger partial charge on any atom is 0.232 e. The Morgan fingerprint density at radius 1 is 1.32 bits per heavy atom. The summed E-state index contributed by atoms with van der Waals surface area (Å²) in [6.07, 6.45) is 8.99. The van der Waals surface area contributed by atoms with Gasteiger partial charge in [-0.2, -0.15) is 0 Å². The monoisotopic (exact) mass is 336 g/mol. The van der Waals surface area contributed by atoms with Gasteiger partial charge in [0.15, 0.2) is 0 Å². The van der Waals surface area contributed by atoms with Crippen molar-refractivity contribution in [3.8, 4) is 5.88 Å². The Morgan fingerprint density at radius 2 is 2.24 bits per heavy atom. The molecule has 1 amide bonds. The Morgan fingerprint density at radius 3 is 3.12 bits per heavy atom. The first-order chi connectivity index (χ1) is 12.3. The normalized spacial score (nSPS) is 17.6. The summed E-state index contributed by atoms with van der Waals surface area (Å²) in [5, 5.41) is 1.11. The molecule has 1 aliphatic rings. The van der Waals surface area contributed by atoms with Crippen molar-refractivity contribution in [3.05, 3.63) is 54.6 Å². The number of fused-ring (bicyclic) bond motifs is 1. The summed E-state index contributed by atoms with van der Waals surface area (Å²) in [4.78, 5) is 26.0. The van der Waals surface area contributed by atoms with Gasteiger partial charge in [-0.1, -0.05) is 18.2 Å². The van der Waals surface area contributed by atoms with Crippen molar-refractivity contribution in [1.82, 2.24) is 19.9 Å². The lowest BCUT2D eigenvalue weighted by Crippen LogP contribution is -2.45. The molecular weight excluding hydrogens is 316 g/mol. The van der Waals surface area contributed by atoms with Crippen molar-refractivity contribution in [2.75, 3.05) is 13.1 Å². The highest BCUT2D eigenvalue weighted by atomic mass is 16.5. The number of para-hydroxylation sites is 1. The number of aromatic nitrogens is 3. The average Bonchev–Trinajstić information content (AvgIpc) is 3.06. The van der Waals surface area contributed by atoms with E-state index in [0.29, 0.717) is 18.8 Å². The summed E-state index contributed by atoms with van der Waals surface area (Å²) in [6, 6.07) is 8.05. The Bertz CT molecular complexity index is 862. The number of aromatic amines is 1. The smallest absolute Gasteiger partial charge is 0.232 e. The number of piperidine rings is 1. The Balaban J connectivity index is 1.41. The molecule has 1 aromatic carbocycles. The third kappa shape index (κ3) is 3.47. The van der Waals surface area contributed by atoms with Crippen LogP contribution in [0.2, 0.25) is 0 Å². The van der Waals surface area contributed by atoms with Crippen molar-refractivity contribution >= 4 is 16.8 Å². The van der Waals surface area contributed by atoms with E-state index in [9.17, 15) is 4.79 Å². The van der Waals surface area contributed by atoms with E-state index in [1.807, 2.05) is 35.4 Å². The number of nitrogens with one attached hydrogen (secondary N) is 1. The fourth-order valence-electron chi connectivity index (χ4n) is 3.33. The van der Waals surface area contributed by atoms with Crippen LogP contribution in [0, 0.1) is 0 Å². The van der Waals surface area contributed by atoms with Gasteiger partial charge in [0.2, 0.25) is 11.8 Å². The molecule has 3 heterocycles. The molecule has 0 saturated carbocycles. The number of ether oxygens (including phenoxy) is 1. The third-order valence-electron chi connectivity index (χ3n) is 4.57. The van der Waals surface area contributed by atoms with E-state index in [4.69, 9.17) is 4.74 Å². The zero-order valence-electron chi connectivity index (χ0n) is 13.9. The molecule has 0 aliphatic carbocycles. The summed E-state index contributed by atoms with van der Waals surface area (Å²) in [6.45, 7) is 1.37. The van der Waals surface area contributed by atoms with Gasteiger partial charge in [-0.3, -0.25) is 9.78 Å². The van der Waals surface area contributed by atoms with Gasteiger partial charge in [0.1, 0.15) is 6.10 Å². The number of H-pyrrole nitrogens is 1. The van der Waals surface area contributed by atoms with Crippen molar-refractivity contribution in [2.45, 2.75) is 25.4 Å². The van der Waals surface area contributed by atoms with Gasteiger partial charge in [-0.05, 0) is 24.5 Å². The van der Waals surface area contributed by atoms with Gasteiger partial charge in [-0.25, -0.2) is 4.98 Å². The van der Waals surface area contributed by atoms with Crippen LogP contribution in [-0.4, -0.2) is 45.0 Å². The SMILES string of the molecule is O=C(Cc1c[nH]c2ccccc12)N1CCC[C@@H](Oc2cnccn2)C1. The van der Waals surface area contributed by atoms with Crippen LogP contribution in [-0.2, 0) is 11.2 Å². The van der Waals surface area contributed by atoms with E-state index < -0.39 is 0 Å². The fraction of sp³-hybridized carbons (Fsp3) is 0.316. The van der Waals surface area contributed by atoms with Gasteiger partial charge >= 0.3 is 0 Å². The summed E-state index contributed by atoms with van der Waals surface area (Å²) in [5.41, 5.74) is 2.10. The molecule has 6 heteroatoms. The molecule has 3 aromatic rings. The number of hydrogen-bond donors (Lipinski definition) is 1. The number of nitrogens with zero attached hydrogens (tertiary/aromatic N) is 3. The largest absolute Gasteiger partial charge is 0.471 e. The zero-order chi connectivity index (χ0) is 17.1. The second kappa shape index (κ2) is 6.93. The van der Waals surface area contributed by atoms with Crippen molar-refractivity contribution in [2.24, 2.45) is 0 Å². The molecule has 1 aliphatic heterocycles. The predicted octanol–water partition coefficient (Wildman–Crippen LogP) is 2.57. The third-order valence-corrected chi connectivity index (χ3v) is 4.57. The lowest BCUT2D eigenvalue weighted by molar-refractivity contribution is -0.133. The van der Waals surface area contributed by atoms with Crippen LogP contribution in [0.5, 0.6) is 5.88 Å². The van der Waals surface area contributed by atoms with Gasteiger partial charge in [0.25, 0.3) is 0 Å². The van der Waals surface area contributed by atoms with Crippen LogP contribution in [0.3, 0.4) is 0 Å². The molecule has 0 spiro atoms. The molecule has 1 saturated heterocycles. The van der Waals surface area contributed by atoms with Crippen LogP contribution in [0.1, 0.15) is 18.4 Å². The lowest BCUT2D eigenvalue weighted by Gasteiger charge is -2.32. The average molecular weight is 336 g/mol. The highest BCUT2D eigenvalue weighted by Gasteiger charge is 2.25. The number of likely N-dealkylation sites (tertiary alicyclic amines) is 1. The number of amides is 1. The lowest BCUT2D eigenvalue weighted by atomic mass is 10.1. The number of hydrogen-bond acceptors (Lipinski definition) is 4. The zero-order valence-corrected chi connectivity index (χ0v) is 13.9. The number of benzene rings is 1. The van der Waals surface area contributed by atoms with E-state index >= 15 is 0 Å². The van der Waals surface area contributed by atoms with Gasteiger partial charge < -0.3 is 14.6 Å². The first kappa shape index (κ1) is 15.6. The summed E-state index contributed by atoms with van der Waals surface area (Å²) in [5.74, 6) is 0.649. The summed E-state index contributed by atoms with van der Waals surface area (Å²) in [7, 11) is 0. The maximum atomic E-state index is 12.7. The molecule has 6 nitrogen and oxygen atoms in total. The molecule has 25 heavy (non-hydrogen) atoms. The molecular formula is C19H20N4O2. The van der Waals surface area contributed by atoms with E-state index in [-0.39, 0.29) is 12.0 Å². The molecule has 2 aromatic heterocycles. The van der Waals surface area contributed by atoms with Crippen molar-refractivity contribution in [3.63, 3.8) is 0 Å². The highest BCUT2D eigenvalue weighted by Crippen LogP contribution is 2.21. The molecule has 0 bridgehead atoms. The Labute approximate surface area is 145 Å². The molecule has 128 valence electrons. The van der Waals surface area contributed by atoms with Crippen LogP contribution in [0.25, 0.3) is 10.9 Å². The van der Waals surface area contributed by atoms with Crippen LogP contribution >= 0.6 is 0 Å². The molecule has 0 radical (unpaired) electrons. The molecule has 1 atom stereocenters. The van der Waals surface area contributed by atoms with Crippen LogP contribution in [0.4, 0.5) is 0 Å². The Kier molecular flexibility index (Phi) is 4.33. The maximum absolute atomic E-state index is 12.7.